The fraction of sp³-hybridized carbons (Fsp3) is 0.271. The van der Waals surface area contributed by atoms with E-state index in [1.807, 2.05) is 145 Å². The summed E-state index contributed by atoms with van der Waals surface area (Å²) in [6.45, 7) is 15.4. The first-order chi connectivity index (χ1) is 56.1. The smallest absolute Gasteiger partial charge is 0.281 e. The average molecular weight is 1730 g/mol. The largest absolute Gasteiger partial charge is 0.494 e. The maximum absolute atomic E-state index is 13.8. The van der Waals surface area contributed by atoms with Gasteiger partial charge in [-0.1, -0.05) is 102 Å². The Balaban J connectivity index is 0.000000186. The SMILES string of the molecule is Cc1cc(C(=O)NCCS(=O)(=O)NC(=O)c2[nH]c3ccccc3c2CCCOc2cc(C)c(Cl)c(C)c2)c(C)o1.Cc1cc(OCCCc2c(C(=O)NS(=O)(=O)CCNC(=O)c3ccccc3F)[nH]c3ccccc23)cc(C)c1Cl.Cc1cc(OCCCc2c(C(=O)NS(=O)(=O)CCNC(=O)c3ccoc3)[nH]c3ccccc23)cc(C)c1Cl. The number of aromatic nitrogens is 3. The number of hydrogen-bond donors (Lipinski definition) is 9. The Kier molecular flexibility index (Phi) is 30.3. The number of benzene rings is 7. The summed E-state index contributed by atoms with van der Waals surface area (Å²) in [5, 5.41) is 12.0. The highest BCUT2D eigenvalue weighted by molar-refractivity contribution is 7.90. The zero-order valence-corrected chi connectivity index (χ0v) is 70.5. The van der Waals surface area contributed by atoms with Crippen molar-refractivity contribution in [1.82, 2.24) is 45.1 Å². The molecule has 7 aromatic carbocycles. The van der Waals surface area contributed by atoms with E-state index in [1.54, 1.807) is 26.0 Å². The number of amides is 6. The van der Waals surface area contributed by atoms with E-state index in [2.05, 4.69) is 45.1 Å². The van der Waals surface area contributed by atoms with Crippen molar-refractivity contribution in [2.45, 2.75) is 93.9 Å². The van der Waals surface area contributed by atoms with Gasteiger partial charge in [-0.3, -0.25) is 28.8 Å². The average Bonchev–Trinajstić information content (AvgIpc) is 1.65. The predicted molar refractivity (Wildman–Crippen MR) is 453 cm³/mol. The van der Waals surface area contributed by atoms with Crippen LogP contribution in [0.3, 0.4) is 0 Å². The third-order valence-electron chi connectivity index (χ3n) is 18.8. The van der Waals surface area contributed by atoms with E-state index in [9.17, 15) is 58.4 Å². The molecule has 0 atom stereocenters. The van der Waals surface area contributed by atoms with E-state index in [1.165, 1.54) is 36.8 Å². The van der Waals surface area contributed by atoms with Gasteiger partial charge in [0, 0.05) is 67.4 Å². The van der Waals surface area contributed by atoms with Gasteiger partial charge in [0.2, 0.25) is 30.1 Å². The maximum Gasteiger partial charge on any atom is 0.281 e. The number of sulfonamides is 3. The molecule has 0 saturated carbocycles. The molecule has 0 bridgehead atoms. The zero-order valence-electron chi connectivity index (χ0n) is 65.8. The lowest BCUT2D eigenvalue weighted by atomic mass is 10.1. The highest BCUT2D eigenvalue weighted by Crippen LogP contribution is 2.32. The van der Waals surface area contributed by atoms with Crippen LogP contribution in [0.25, 0.3) is 32.7 Å². The van der Waals surface area contributed by atoms with Gasteiger partial charge in [0.15, 0.2) is 0 Å². The highest BCUT2D eigenvalue weighted by Gasteiger charge is 2.27. The molecule has 0 radical (unpaired) electrons. The van der Waals surface area contributed by atoms with E-state index in [0.717, 1.165) is 66.6 Å². The monoisotopic (exact) mass is 1730 g/mol. The summed E-state index contributed by atoms with van der Waals surface area (Å²) in [4.78, 5) is 84.8. The molecule has 12 rings (SSSR count). The third-order valence-corrected chi connectivity index (χ3v) is 24.3. The Labute approximate surface area is 697 Å². The topological polar surface area (TPSA) is 378 Å². The summed E-state index contributed by atoms with van der Waals surface area (Å²) >= 11 is 18.7. The maximum atomic E-state index is 13.8. The van der Waals surface area contributed by atoms with Gasteiger partial charge in [-0.05, 0) is 223 Å². The van der Waals surface area contributed by atoms with Gasteiger partial charge >= 0.3 is 0 Å². The van der Waals surface area contributed by atoms with E-state index >= 15 is 0 Å². The molecule has 0 aliphatic rings. The van der Waals surface area contributed by atoms with Crippen LogP contribution in [0.15, 0.2) is 167 Å². The number of furan rings is 2. The standard InChI is InChI=1S/C29H29ClFN3O5S.C29H32ClN3O6S.C27H28ClN3O6S/c1-18-16-20(17-19(2)26(18)30)39-14-7-10-22-21-8-4-6-12-25(21)33-27(22)29(36)34-40(37,38)15-13-32-28(35)23-9-3-5-11-24(23)31;1-17-14-21(15-18(2)26(17)30)38-12-7-9-23-22-8-5-6-10-25(22)32-27(23)29(35)33-40(36,37)13-11-31-28(34)24-16-19(3)39-20(24)4;1-17-14-20(15-18(2)24(17)28)37-11-5-7-22-21-6-3-4-8-23(21)30-25(22)27(33)31-38(34,35)13-10-29-26(32)19-9-12-36-16-19/h3-6,8-9,11-12,16-17,33H,7,10,13-15H2,1-2H3,(H,32,35)(H,34,36);5-6,8,10,14-16,32H,7,9,11-13H2,1-4H3,(H,31,34)(H,33,35);3-4,6,8-9,12,14-16,30H,5,7,10-11,13H2,1-2H3,(H,29,32)(H,31,33). The van der Waals surface area contributed by atoms with Crippen LogP contribution in [0.2, 0.25) is 15.1 Å². The predicted octanol–water partition coefficient (Wildman–Crippen LogP) is 14.8. The van der Waals surface area contributed by atoms with Crippen molar-refractivity contribution >= 4 is 133 Å². The molecule has 0 fully saturated rings. The number of H-pyrrole nitrogens is 3. The quantitative estimate of drug-likeness (QED) is 0.0173. The first-order valence-corrected chi connectivity index (χ1v) is 43.5. The number of fused-ring (bicyclic) bond motifs is 3. The van der Waals surface area contributed by atoms with E-state index in [-0.39, 0.29) is 47.8 Å². The third kappa shape index (κ3) is 23.9. The molecule has 9 N–H and O–H groups in total. The van der Waals surface area contributed by atoms with E-state index < -0.39 is 88.6 Å². The number of rotatable bonds is 33. The van der Waals surface area contributed by atoms with Gasteiger partial charge in [0.05, 0.1) is 60.0 Å². The molecule has 26 nitrogen and oxygen atoms in total. The number of carbonyl (C=O) groups excluding carboxylic acids is 6. The lowest BCUT2D eigenvalue weighted by Crippen LogP contribution is -2.38. The van der Waals surface area contributed by atoms with Crippen molar-refractivity contribution in [2.75, 3.05) is 56.7 Å². The molecular formula is C85H89Cl3FN9O17S3. The molecule has 5 heterocycles. The number of aromatic amines is 3. The minimum absolute atomic E-state index is 0.137. The fourth-order valence-electron chi connectivity index (χ4n) is 13.1. The summed E-state index contributed by atoms with van der Waals surface area (Å²) in [6, 6.07) is 41.8. The van der Waals surface area contributed by atoms with Crippen LogP contribution in [0, 0.1) is 61.2 Å². The Morgan fingerprint density at radius 2 is 0.729 bits per heavy atom. The first kappa shape index (κ1) is 88.9. The van der Waals surface area contributed by atoms with Gasteiger partial charge in [-0.15, -0.1) is 0 Å². The van der Waals surface area contributed by atoms with Gasteiger partial charge in [0.25, 0.3) is 35.4 Å². The van der Waals surface area contributed by atoms with Crippen molar-refractivity contribution in [1.29, 1.82) is 0 Å². The molecule has 5 aromatic heterocycles. The van der Waals surface area contributed by atoms with Crippen molar-refractivity contribution in [3.63, 3.8) is 0 Å². The van der Waals surface area contributed by atoms with Crippen molar-refractivity contribution in [2.24, 2.45) is 0 Å². The second-order valence-electron chi connectivity index (χ2n) is 27.9. The number of ether oxygens (including phenoxy) is 3. The number of nitrogens with one attached hydrogen (secondary N) is 9. The van der Waals surface area contributed by atoms with E-state index in [0.29, 0.717) is 130 Å². The number of hydrogen-bond acceptors (Lipinski definition) is 17. The molecular weight excluding hydrogens is 1640 g/mol. The van der Waals surface area contributed by atoms with Crippen LogP contribution in [0.5, 0.6) is 17.2 Å². The van der Waals surface area contributed by atoms with Crippen LogP contribution < -0.4 is 44.3 Å². The molecule has 33 heteroatoms. The minimum Gasteiger partial charge on any atom is -0.494 e. The molecule has 0 saturated heterocycles. The fourth-order valence-corrected chi connectivity index (χ4v) is 16.0. The molecule has 0 aliphatic carbocycles. The number of carbonyl (C=O) groups is 6. The Bertz CT molecular complexity index is 5990. The summed E-state index contributed by atoms with van der Waals surface area (Å²) in [5.74, 6) is -3.05. The van der Waals surface area contributed by atoms with Gasteiger partial charge in [-0.2, -0.15) is 0 Å². The van der Waals surface area contributed by atoms with Crippen LogP contribution in [-0.2, 0) is 49.3 Å². The van der Waals surface area contributed by atoms with Crippen molar-refractivity contribution < 1.29 is 81.5 Å². The molecule has 118 heavy (non-hydrogen) atoms. The summed E-state index contributed by atoms with van der Waals surface area (Å²) in [6.07, 6.45) is 5.77. The molecule has 12 aromatic rings. The Hall–Kier alpha value is -11.4. The lowest BCUT2D eigenvalue weighted by molar-refractivity contribution is 0.0944. The minimum atomic E-state index is -4.11. The molecule has 0 unspecified atom stereocenters. The molecule has 6 amide bonds. The molecule has 0 spiro atoms. The Morgan fingerprint density at radius 3 is 1.05 bits per heavy atom. The number of halogens is 4. The van der Waals surface area contributed by atoms with Crippen molar-refractivity contribution in [3.8, 4) is 17.2 Å². The second kappa shape index (κ2) is 40.2. The first-order valence-electron chi connectivity index (χ1n) is 37.4. The van der Waals surface area contributed by atoms with Gasteiger partial charge < -0.3 is 53.9 Å². The van der Waals surface area contributed by atoms with Crippen LogP contribution in [0.1, 0.15) is 143 Å². The Morgan fingerprint density at radius 1 is 0.407 bits per heavy atom. The summed E-state index contributed by atoms with van der Waals surface area (Å²) in [7, 11) is -12.2. The molecule has 0 aliphatic heterocycles. The highest BCUT2D eigenvalue weighted by atomic mass is 35.5. The van der Waals surface area contributed by atoms with Crippen LogP contribution in [-0.4, -0.2) is 132 Å². The van der Waals surface area contributed by atoms with Crippen molar-refractivity contribution in [3.05, 3.63) is 274 Å². The van der Waals surface area contributed by atoms with E-state index in [4.69, 9.17) is 57.8 Å². The summed E-state index contributed by atoms with van der Waals surface area (Å²) < 4.78 is 124. The zero-order chi connectivity index (χ0) is 85.2. The summed E-state index contributed by atoms with van der Waals surface area (Å²) in [5.41, 5.74) is 10.7. The second-order valence-corrected chi connectivity index (χ2v) is 34.5. The number of aryl methyl sites for hydroxylation is 11. The number of para-hydroxylation sites is 3. The van der Waals surface area contributed by atoms with Gasteiger partial charge in [-0.25, -0.2) is 43.8 Å². The van der Waals surface area contributed by atoms with Crippen LogP contribution in [0.4, 0.5) is 4.39 Å². The van der Waals surface area contributed by atoms with Gasteiger partial charge in [0.1, 0.15) is 57.9 Å². The molecule has 622 valence electrons. The van der Waals surface area contributed by atoms with Crippen LogP contribution >= 0.6 is 34.8 Å². The normalized spacial score (nSPS) is 11.5. The lowest BCUT2D eigenvalue weighted by Gasteiger charge is -2.11.